The van der Waals surface area contributed by atoms with Gasteiger partial charge in [-0.15, -0.1) is 0 Å². The molecule has 0 aliphatic heterocycles. The SMILES string of the molecule is Cc1nc2cc(F)ccc2c(=O)n1-c1cccc(O)c1. The Labute approximate surface area is 113 Å². The molecule has 100 valence electrons. The third-order valence-electron chi connectivity index (χ3n) is 3.09. The molecule has 0 fully saturated rings. The normalized spacial score (nSPS) is 10.9. The summed E-state index contributed by atoms with van der Waals surface area (Å²) in [6.45, 7) is 1.66. The van der Waals surface area contributed by atoms with Crippen molar-refractivity contribution in [3.8, 4) is 11.4 Å². The van der Waals surface area contributed by atoms with E-state index in [-0.39, 0.29) is 11.3 Å². The monoisotopic (exact) mass is 270 g/mol. The maximum absolute atomic E-state index is 13.2. The molecule has 3 aromatic rings. The van der Waals surface area contributed by atoms with E-state index in [4.69, 9.17) is 0 Å². The van der Waals surface area contributed by atoms with Crippen LogP contribution in [-0.4, -0.2) is 14.7 Å². The van der Waals surface area contributed by atoms with Crippen molar-refractivity contribution >= 4 is 10.9 Å². The molecule has 0 aliphatic carbocycles. The summed E-state index contributed by atoms with van der Waals surface area (Å²) in [7, 11) is 0. The fraction of sp³-hybridized carbons (Fsp3) is 0.0667. The van der Waals surface area contributed by atoms with E-state index in [2.05, 4.69) is 4.98 Å². The predicted octanol–water partition coefficient (Wildman–Crippen LogP) is 2.54. The fourth-order valence-corrected chi connectivity index (χ4v) is 2.21. The number of aromatic nitrogens is 2. The first-order chi connectivity index (χ1) is 9.56. The predicted molar refractivity (Wildman–Crippen MR) is 73.7 cm³/mol. The third kappa shape index (κ3) is 1.93. The topological polar surface area (TPSA) is 55.1 Å². The number of phenolic OH excluding ortho intramolecular Hbond substituents is 1. The Balaban J connectivity index is 2.37. The molecule has 0 aliphatic rings. The lowest BCUT2D eigenvalue weighted by molar-refractivity contribution is 0.475. The highest BCUT2D eigenvalue weighted by Gasteiger charge is 2.10. The van der Waals surface area contributed by atoms with Gasteiger partial charge in [0, 0.05) is 12.1 Å². The van der Waals surface area contributed by atoms with Gasteiger partial charge in [0.2, 0.25) is 0 Å². The Morgan fingerprint density at radius 1 is 1.20 bits per heavy atom. The number of rotatable bonds is 1. The minimum atomic E-state index is -0.432. The maximum atomic E-state index is 13.2. The highest BCUT2D eigenvalue weighted by atomic mass is 19.1. The molecular formula is C15H11FN2O2. The molecule has 0 bridgehead atoms. The largest absolute Gasteiger partial charge is 0.508 e. The Bertz CT molecular complexity index is 871. The zero-order chi connectivity index (χ0) is 14.3. The summed E-state index contributed by atoms with van der Waals surface area (Å²) in [5, 5.41) is 9.85. The molecule has 1 N–H and O–H groups in total. The molecule has 4 nitrogen and oxygen atoms in total. The van der Waals surface area contributed by atoms with Gasteiger partial charge in [-0.25, -0.2) is 9.37 Å². The average molecular weight is 270 g/mol. The number of hydrogen-bond acceptors (Lipinski definition) is 3. The van der Waals surface area contributed by atoms with Crippen molar-refractivity contribution in [2.45, 2.75) is 6.92 Å². The van der Waals surface area contributed by atoms with E-state index in [0.717, 1.165) is 0 Å². The Morgan fingerprint density at radius 2 is 2.00 bits per heavy atom. The van der Waals surface area contributed by atoms with E-state index < -0.39 is 5.82 Å². The number of phenols is 1. The second kappa shape index (κ2) is 4.45. The third-order valence-corrected chi connectivity index (χ3v) is 3.09. The molecule has 0 radical (unpaired) electrons. The van der Waals surface area contributed by atoms with Gasteiger partial charge in [0.25, 0.3) is 5.56 Å². The zero-order valence-corrected chi connectivity index (χ0v) is 10.7. The van der Waals surface area contributed by atoms with Gasteiger partial charge in [-0.1, -0.05) is 6.07 Å². The van der Waals surface area contributed by atoms with Crippen LogP contribution in [0.3, 0.4) is 0 Å². The molecule has 0 atom stereocenters. The number of halogens is 1. The minimum absolute atomic E-state index is 0.0630. The van der Waals surface area contributed by atoms with Gasteiger partial charge in [-0.2, -0.15) is 0 Å². The van der Waals surface area contributed by atoms with Crippen molar-refractivity contribution in [2.75, 3.05) is 0 Å². The van der Waals surface area contributed by atoms with Crippen LogP contribution in [0.15, 0.2) is 47.3 Å². The number of nitrogens with zero attached hydrogens (tertiary/aromatic N) is 2. The van der Waals surface area contributed by atoms with Gasteiger partial charge < -0.3 is 5.11 Å². The van der Waals surface area contributed by atoms with Gasteiger partial charge in [0.05, 0.1) is 16.6 Å². The number of hydrogen-bond donors (Lipinski definition) is 1. The summed E-state index contributed by atoms with van der Waals surface area (Å²) in [5.74, 6) is 0.0607. The first-order valence-corrected chi connectivity index (χ1v) is 6.04. The van der Waals surface area contributed by atoms with Gasteiger partial charge in [-0.3, -0.25) is 9.36 Å². The molecule has 0 saturated carbocycles. The van der Waals surface area contributed by atoms with Crippen LogP contribution in [0.25, 0.3) is 16.6 Å². The quantitative estimate of drug-likeness (QED) is 0.739. The summed E-state index contributed by atoms with van der Waals surface area (Å²) in [5.41, 5.74) is 0.549. The number of benzene rings is 2. The van der Waals surface area contributed by atoms with Crippen LogP contribution >= 0.6 is 0 Å². The molecular weight excluding hydrogens is 259 g/mol. The Morgan fingerprint density at radius 3 is 2.75 bits per heavy atom. The van der Waals surface area contributed by atoms with E-state index in [1.54, 1.807) is 19.1 Å². The maximum Gasteiger partial charge on any atom is 0.265 e. The lowest BCUT2D eigenvalue weighted by Gasteiger charge is -2.11. The first-order valence-electron chi connectivity index (χ1n) is 6.04. The van der Waals surface area contributed by atoms with Crippen LogP contribution in [0.1, 0.15) is 5.82 Å². The van der Waals surface area contributed by atoms with E-state index in [1.165, 1.54) is 34.9 Å². The molecule has 0 spiro atoms. The van der Waals surface area contributed by atoms with Crippen LogP contribution in [0.4, 0.5) is 4.39 Å². The molecule has 2 aromatic carbocycles. The summed E-state index contributed by atoms with van der Waals surface area (Å²) in [6, 6.07) is 10.2. The van der Waals surface area contributed by atoms with E-state index in [1.807, 2.05) is 0 Å². The molecule has 0 amide bonds. The van der Waals surface area contributed by atoms with Crippen molar-refractivity contribution in [3.63, 3.8) is 0 Å². The molecule has 20 heavy (non-hydrogen) atoms. The van der Waals surface area contributed by atoms with Crippen LogP contribution in [-0.2, 0) is 0 Å². The molecule has 1 aromatic heterocycles. The van der Waals surface area contributed by atoms with Crippen molar-refractivity contribution < 1.29 is 9.50 Å². The molecule has 0 unspecified atom stereocenters. The van der Waals surface area contributed by atoms with Crippen LogP contribution < -0.4 is 5.56 Å². The Hall–Kier alpha value is -2.69. The lowest BCUT2D eigenvalue weighted by atomic mass is 10.2. The van der Waals surface area contributed by atoms with E-state index in [0.29, 0.717) is 22.4 Å². The summed E-state index contributed by atoms with van der Waals surface area (Å²) < 4.78 is 14.6. The second-order valence-electron chi connectivity index (χ2n) is 4.48. The van der Waals surface area contributed by atoms with Crippen molar-refractivity contribution in [1.82, 2.24) is 9.55 Å². The zero-order valence-electron chi connectivity index (χ0n) is 10.7. The minimum Gasteiger partial charge on any atom is -0.508 e. The number of aryl methyl sites for hydroxylation is 1. The van der Waals surface area contributed by atoms with Crippen LogP contribution in [0.2, 0.25) is 0 Å². The number of aromatic hydroxyl groups is 1. The molecule has 5 heteroatoms. The molecule has 0 saturated heterocycles. The fourth-order valence-electron chi connectivity index (χ4n) is 2.21. The van der Waals surface area contributed by atoms with Gasteiger partial charge in [0.1, 0.15) is 17.4 Å². The standard InChI is InChI=1S/C15H11FN2O2/c1-9-17-14-7-10(16)5-6-13(14)15(20)18(9)11-3-2-4-12(19)8-11/h2-8,19H,1H3. The summed E-state index contributed by atoms with van der Waals surface area (Å²) in [6.07, 6.45) is 0. The molecule has 1 heterocycles. The van der Waals surface area contributed by atoms with Crippen molar-refractivity contribution in [3.05, 3.63) is 64.5 Å². The van der Waals surface area contributed by atoms with Crippen molar-refractivity contribution in [2.24, 2.45) is 0 Å². The lowest BCUT2D eigenvalue weighted by Crippen LogP contribution is -2.22. The highest BCUT2D eigenvalue weighted by molar-refractivity contribution is 5.78. The molecule has 3 rings (SSSR count). The second-order valence-corrected chi connectivity index (χ2v) is 4.48. The summed E-state index contributed by atoms with van der Waals surface area (Å²) in [4.78, 5) is 16.7. The summed E-state index contributed by atoms with van der Waals surface area (Å²) >= 11 is 0. The van der Waals surface area contributed by atoms with Crippen LogP contribution in [0, 0.1) is 12.7 Å². The van der Waals surface area contributed by atoms with E-state index in [9.17, 15) is 14.3 Å². The highest BCUT2D eigenvalue weighted by Crippen LogP contribution is 2.17. The van der Waals surface area contributed by atoms with Gasteiger partial charge in [0.15, 0.2) is 0 Å². The van der Waals surface area contributed by atoms with Crippen LogP contribution in [0.5, 0.6) is 5.75 Å². The smallest absolute Gasteiger partial charge is 0.265 e. The van der Waals surface area contributed by atoms with E-state index >= 15 is 0 Å². The first kappa shape index (κ1) is 12.3. The Kier molecular flexibility index (Phi) is 2.75. The number of fused-ring (bicyclic) bond motifs is 1. The van der Waals surface area contributed by atoms with Gasteiger partial charge in [-0.05, 0) is 31.2 Å². The average Bonchev–Trinajstić information content (AvgIpc) is 2.38. The van der Waals surface area contributed by atoms with Gasteiger partial charge >= 0.3 is 0 Å². The van der Waals surface area contributed by atoms with Crippen molar-refractivity contribution in [1.29, 1.82) is 0 Å².